The second-order valence-corrected chi connectivity index (χ2v) is 7.21. The number of amides is 2. The van der Waals surface area contributed by atoms with Gasteiger partial charge in [0.25, 0.3) is 0 Å². The Hall–Kier alpha value is -1.59. The summed E-state index contributed by atoms with van der Waals surface area (Å²) >= 11 is 0. The molecule has 1 unspecified atom stereocenters. The lowest BCUT2D eigenvalue weighted by Gasteiger charge is -2.30. The number of primary amides is 1. The number of hydrogen-bond acceptors (Lipinski definition) is 3. The first-order valence-corrected chi connectivity index (χ1v) is 9.34. The van der Waals surface area contributed by atoms with Gasteiger partial charge in [-0.25, -0.2) is 0 Å². The Balaban J connectivity index is 0.00000338. The first-order valence-electron chi connectivity index (χ1n) is 9.34. The number of halogens is 1. The fraction of sp³-hybridized carbons (Fsp3) is 0.600. The molecule has 0 radical (unpaired) electrons. The summed E-state index contributed by atoms with van der Waals surface area (Å²) in [6.07, 6.45) is 5.57. The molecule has 1 saturated carbocycles. The van der Waals surface area contributed by atoms with Gasteiger partial charge in [0.2, 0.25) is 11.8 Å². The van der Waals surface area contributed by atoms with Gasteiger partial charge in [0.05, 0.1) is 12.6 Å². The van der Waals surface area contributed by atoms with Gasteiger partial charge in [-0.3, -0.25) is 9.59 Å². The van der Waals surface area contributed by atoms with Crippen LogP contribution in [0.2, 0.25) is 0 Å². The van der Waals surface area contributed by atoms with Gasteiger partial charge in [-0.15, -0.1) is 12.4 Å². The van der Waals surface area contributed by atoms with Crippen molar-refractivity contribution in [1.29, 1.82) is 0 Å². The largest absolute Gasteiger partial charge is 0.368 e. The van der Waals surface area contributed by atoms with E-state index >= 15 is 0 Å². The molecular formula is C20H32ClN3O2. The fourth-order valence-corrected chi connectivity index (χ4v) is 3.70. The van der Waals surface area contributed by atoms with Crippen LogP contribution in [-0.2, 0) is 16.0 Å². The van der Waals surface area contributed by atoms with Gasteiger partial charge in [0.15, 0.2) is 0 Å². The number of benzene rings is 1. The number of nitrogens with two attached hydrogens (primary N) is 2. The van der Waals surface area contributed by atoms with Gasteiger partial charge in [0, 0.05) is 12.5 Å². The molecule has 4 N–H and O–H groups in total. The minimum absolute atomic E-state index is 0. The maximum absolute atomic E-state index is 12.8. The zero-order chi connectivity index (χ0) is 18.4. The second kappa shape index (κ2) is 10.5. The van der Waals surface area contributed by atoms with Gasteiger partial charge in [0.1, 0.15) is 0 Å². The standard InChI is InChI=1S/C20H31N3O2.ClH/c1-3-5-15-8-10-16(11-9-15)14(2)23(13-19(22)24)20(25)12-17-6-4-7-18(17)21;/h8-11,14,17-18H,3-7,12-13,21H2,1-2H3,(H2,22,24);1H/t14?,17-,18+;/m0./s1. The Labute approximate surface area is 162 Å². The van der Waals surface area contributed by atoms with E-state index in [9.17, 15) is 9.59 Å². The third-order valence-electron chi connectivity index (χ3n) is 5.27. The molecule has 1 aromatic rings. The van der Waals surface area contributed by atoms with Crippen molar-refractivity contribution in [3.63, 3.8) is 0 Å². The molecule has 146 valence electrons. The summed E-state index contributed by atoms with van der Waals surface area (Å²) in [5.74, 6) is -0.313. The zero-order valence-electron chi connectivity index (χ0n) is 15.8. The SMILES string of the molecule is CCCc1ccc(C(C)N(CC(N)=O)C(=O)C[C@@H]2CCC[C@H]2N)cc1.Cl. The fourth-order valence-electron chi connectivity index (χ4n) is 3.70. The van der Waals surface area contributed by atoms with Gasteiger partial charge in [-0.2, -0.15) is 0 Å². The van der Waals surface area contributed by atoms with E-state index in [-0.39, 0.29) is 42.9 Å². The van der Waals surface area contributed by atoms with Gasteiger partial charge in [-0.05, 0) is 43.2 Å². The number of rotatable bonds is 8. The quantitative estimate of drug-likeness (QED) is 0.725. The van der Waals surface area contributed by atoms with Crippen molar-refractivity contribution in [2.75, 3.05) is 6.54 Å². The molecule has 1 aliphatic rings. The van der Waals surface area contributed by atoms with Crippen LogP contribution in [0.4, 0.5) is 0 Å². The average Bonchev–Trinajstić information content (AvgIpc) is 2.97. The molecule has 6 heteroatoms. The third kappa shape index (κ3) is 5.99. The Morgan fingerprint density at radius 2 is 1.88 bits per heavy atom. The highest BCUT2D eigenvalue weighted by Crippen LogP contribution is 2.29. The van der Waals surface area contributed by atoms with Crippen molar-refractivity contribution in [2.45, 2.75) is 64.5 Å². The third-order valence-corrected chi connectivity index (χ3v) is 5.27. The number of hydrogen-bond donors (Lipinski definition) is 2. The predicted octanol–water partition coefficient (Wildman–Crippen LogP) is 2.95. The van der Waals surface area contributed by atoms with Crippen LogP contribution < -0.4 is 11.5 Å². The summed E-state index contributed by atoms with van der Waals surface area (Å²) < 4.78 is 0. The van der Waals surface area contributed by atoms with Crippen LogP contribution in [0, 0.1) is 5.92 Å². The van der Waals surface area contributed by atoms with Gasteiger partial charge >= 0.3 is 0 Å². The molecule has 1 aliphatic carbocycles. The lowest BCUT2D eigenvalue weighted by Crippen LogP contribution is -2.41. The van der Waals surface area contributed by atoms with E-state index in [0.717, 1.165) is 37.7 Å². The molecule has 0 bridgehead atoms. The smallest absolute Gasteiger partial charge is 0.237 e. The summed E-state index contributed by atoms with van der Waals surface area (Å²) in [7, 11) is 0. The van der Waals surface area contributed by atoms with Crippen molar-refractivity contribution in [3.8, 4) is 0 Å². The lowest BCUT2D eigenvalue weighted by atomic mass is 9.97. The molecule has 0 saturated heterocycles. The van der Waals surface area contributed by atoms with E-state index in [1.807, 2.05) is 19.1 Å². The van der Waals surface area contributed by atoms with Gasteiger partial charge < -0.3 is 16.4 Å². The van der Waals surface area contributed by atoms with Crippen LogP contribution in [0.25, 0.3) is 0 Å². The average molecular weight is 382 g/mol. The van der Waals surface area contributed by atoms with Crippen LogP contribution >= 0.6 is 12.4 Å². The summed E-state index contributed by atoms with van der Waals surface area (Å²) in [6.45, 7) is 4.04. The molecule has 1 aromatic carbocycles. The number of aryl methyl sites for hydroxylation is 1. The van der Waals surface area contributed by atoms with E-state index in [1.54, 1.807) is 4.90 Å². The van der Waals surface area contributed by atoms with E-state index in [0.29, 0.717) is 6.42 Å². The van der Waals surface area contributed by atoms with Crippen molar-refractivity contribution in [1.82, 2.24) is 4.90 Å². The molecule has 26 heavy (non-hydrogen) atoms. The van der Waals surface area contributed by atoms with E-state index in [1.165, 1.54) is 5.56 Å². The molecule has 2 amide bonds. The number of carbonyl (C=O) groups excluding carboxylic acids is 2. The molecule has 1 fully saturated rings. The molecule has 0 heterocycles. The van der Waals surface area contributed by atoms with E-state index < -0.39 is 5.91 Å². The minimum Gasteiger partial charge on any atom is -0.368 e. The first-order chi connectivity index (χ1) is 11.9. The highest BCUT2D eigenvalue weighted by Gasteiger charge is 2.30. The van der Waals surface area contributed by atoms with Crippen LogP contribution in [0.1, 0.15) is 63.1 Å². The minimum atomic E-state index is -0.487. The normalized spacial score (nSPS) is 20.3. The number of nitrogens with zero attached hydrogens (tertiary/aromatic N) is 1. The van der Waals surface area contributed by atoms with Crippen molar-refractivity contribution < 1.29 is 9.59 Å². The summed E-state index contributed by atoms with van der Waals surface area (Å²) in [5.41, 5.74) is 13.8. The summed E-state index contributed by atoms with van der Waals surface area (Å²) in [4.78, 5) is 25.9. The van der Waals surface area contributed by atoms with Crippen molar-refractivity contribution in [2.24, 2.45) is 17.4 Å². The summed E-state index contributed by atoms with van der Waals surface area (Å²) in [6, 6.07) is 8.16. The molecular weight excluding hydrogens is 350 g/mol. The Bertz CT molecular complexity index is 591. The zero-order valence-corrected chi connectivity index (χ0v) is 16.6. The first kappa shape index (κ1) is 22.5. The molecule has 0 spiro atoms. The Kier molecular flexibility index (Phi) is 9.09. The van der Waals surface area contributed by atoms with Crippen molar-refractivity contribution in [3.05, 3.63) is 35.4 Å². The maximum atomic E-state index is 12.8. The Morgan fingerprint density at radius 3 is 2.38 bits per heavy atom. The van der Waals surface area contributed by atoms with Crippen molar-refractivity contribution >= 4 is 24.2 Å². The van der Waals surface area contributed by atoms with Crippen LogP contribution in [0.3, 0.4) is 0 Å². The second-order valence-electron chi connectivity index (χ2n) is 7.21. The van der Waals surface area contributed by atoms with Crippen LogP contribution in [-0.4, -0.2) is 29.3 Å². The highest BCUT2D eigenvalue weighted by molar-refractivity contribution is 5.85. The topological polar surface area (TPSA) is 89.4 Å². The maximum Gasteiger partial charge on any atom is 0.237 e. The van der Waals surface area contributed by atoms with Crippen LogP contribution in [0.15, 0.2) is 24.3 Å². The summed E-state index contributed by atoms with van der Waals surface area (Å²) in [5, 5.41) is 0. The number of carbonyl (C=O) groups is 2. The molecule has 2 rings (SSSR count). The molecule has 3 atom stereocenters. The Morgan fingerprint density at radius 1 is 1.23 bits per heavy atom. The molecule has 0 aliphatic heterocycles. The molecule has 5 nitrogen and oxygen atoms in total. The predicted molar refractivity (Wildman–Crippen MR) is 107 cm³/mol. The van der Waals surface area contributed by atoms with E-state index in [4.69, 9.17) is 11.5 Å². The highest BCUT2D eigenvalue weighted by atomic mass is 35.5. The monoisotopic (exact) mass is 381 g/mol. The molecule has 0 aromatic heterocycles. The van der Waals surface area contributed by atoms with E-state index in [2.05, 4.69) is 19.1 Å². The van der Waals surface area contributed by atoms with Crippen LogP contribution in [0.5, 0.6) is 0 Å². The lowest BCUT2D eigenvalue weighted by molar-refractivity contribution is -0.138. The van der Waals surface area contributed by atoms with Gasteiger partial charge in [-0.1, -0.05) is 44.0 Å².